The molecule has 2 atom stereocenters. The number of aliphatic hydroxyl groups is 4. The van der Waals surface area contributed by atoms with E-state index >= 15 is 0 Å². The van der Waals surface area contributed by atoms with Crippen LogP contribution in [-0.4, -0.2) is 50.9 Å². The molecule has 0 saturated heterocycles. The van der Waals surface area contributed by atoms with Crippen molar-refractivity contribution in [3.63, 3.8) is 0 Å². The minimum atomic E-state index is -1.13. The smallest absolute Gasteiger partial charge is 0.125 e. The topological polar surface area (TPSA) is 80.9 Å². The Labute approximate surface area is 76.7 Å². The van der Waals surface area contributed by atoms with Gasteiger partial charge in [-0.3, -0.25) is 0 Å². The van der Waals surface area contributed by atoms with Gasteiger partial charge < -0.3 is 20.4 Å². The SMILES string of the molecule is OCC(O)C(O)S.OCCS. The van der Waals surface area contributed by atoms with Gasteiger partial charge in [-0.25, -0.2) is 0 Å². The van der Waals surface area contributed by atoms with E-state index in [-0.39, 0.29) is 6.61 Å². The van der Waals surface area contributed by atoms with Crippen molar-refractivity contribution in [1.29, 1.82) is 0 Å². The van der Waals surface area contributed by atoms with Gasteiger partial charge in [0.15, 0.2) is 0 Å². The first-order valence-corrected chi connectivity index (χ1v) is 4.11. The Bertz CT molecular complexity index is 69.5. The molecule has 0 saturated carbocycles. The molecule has 0 rings (SSSR count). The molecule has 4 N–H and O–H groups in total. The Kier molecular flexibility index (Phi) is 13.5. The second-order valence-electron chi connectivity index (χ2n) is 1.61. The van der Waals surface area contributed by atoms with Gasteiger partial charge in [-0.15, -0.1) is 12.6 Å². The maximum atomic E-state index is 8.36. The van der Waals surface area contributed by atoms with E-state index < -0.39 is 18.1 Å². The molecule has 0 heterocycles. The lowest BCUT2D eigenvalue weighted by Crippen LogP contribution is -2.23. The molecule has 11 heavy (non-hydrogen) atoms. The molecule has 0 aliphatic carbocycles. The second-order valence-corrected chi connectivity index (χ2v) is 2.59. The molecule has 4 nitrogen and oxygen atoms in total. The predicted molar refractivity (Wildman–Crippen MR) is 49.0 cm³/mol. The Morgan fingerprint density at radius 1 is 1.18 bits per heavy atom. The number of hydrogen-bond acceptors (Lipinski definition) is 6. The van der Waals surface area contributed by atoms with Crippen molar-refractivity contribution in [2.24, 2.45) is 0 Å². The quantitative estimate of drug-likeness (QED) is 0.248. The summed E-state index contributed by atoms with van der Waals surface area (Å²) in [5, 5.41) is 32.5. The van der Waals surface area contributed by atoms with Gasteiger partial charge >= 0.3 is 0 Å². The van der Waals surface area contributed by atoms with Gasteiger partial charge in [0.25, 0.3) is 0 Å². The van der Waals surface area contributed by atoms with Gasteiger partial charge in [0.05, 0.1) is 13.2 Å². The standard InChI is InChI=1S/C3H8O3S.C2H6OS/c4-1-2(5)3(6)7;3-1-2-4/h2-7H,1H2;3-4H,1-2H2. The molecule has 6 heteroatoms. The second kappa shape index (κ2) is 10.5. The van der Waals surface area contributed by atoms with Crippen LogP contribution in [0.4, 0.5) is 0 Å². The molecular formula is C5H14O4S2. The van der Waals surface area contributed by atoms with E-state index in [1.165, 1.54) is 0 Å². The third-order valence-electron chi connectivity index (χ3n) is 0.631. The highest BCUT2D eigenvalue weighted by Crippen LogP contribution is 1.94. The van der Waals surface area contributed by atoms with Gasteiger partial charge in [-0.2, -0.15) is 12.6 Å². The molecule has 0 aromatic rings. The van der Waals surface area contributed by atoms with E-state index in [2.05, 4.69) is 25.3 Å². The minimum absolute atomic E-state index is 0.184. The summed E-state index contributed by atoms with van der Waals surface area (Å²) < 4.78 is 0. The summed E-state index contributed by atoms with van der Waals surface area (Å²) in [5.74, 6) is 0.569. The zero-order valence-electron chi connectivity index (χ0n) is 5.96. The lowest BCUT2D eigenvalue weighted by molar-refractivity contribution is 0.0294. The first-order chi connectivity index (χ1) is 5.09. The number of aliphatic hydroxyl groups excluding tert-OH is 4. The summed E-state index contributed by atoms with van der Waals surface area (Å²) in [7, 11) is 0. The van der Waals surface area contributed by atoms with Crippen LogP contribution in [0.25, 0.3) is 0 Å². The average Bonchev–Trinajstić information content (AvgIpc) is 2.03. The number of thiol groups is 2. The van der Waals surface area contributed by atoms with E-state index in [1.807, 2.05) is 0 Å². The van der Waals surface area contributed by atoms with Gasteiger partial charge in [-0.1, -0.05) is 0 Å². The van der Waals surface area contributed by atoms with Crippen LogP contribution in [0.15, 0.2) is 0 Å². The maximum Gasteiger partial charge on any atom is 0.125 e. The van der Waals surface area contributed by atoms with Crippen LogP contribution in [-0.2, 0) is 0 Å². The van der Waals surface area contributed by atoms with E-state index in [9.17, 15) is 0 Å². The third-order valence-corrected chi connectivity index (χ3v) is 1.18. The molecule has 0 amide bonds. The van der Waals surface area contributed by atoms with Crippen molar-refractivity contribution in [2.45, 2.75) is 11.5 Å². The van der Waals surface area contributed by atoms with Crippen LogP contribution in [0, 0.1) is 0 Å². The van der Waals surface area contributed by atoms with E-state index in [4.69, 9.17) is 20.4 Å². The molecule has 70 valence electrons. The van der Waals surface area contributed by atoms with Gasteiger partial charge in [0, 0.05) is 5.75 Å². The summed E-state index contributed by atoms with van der Waals surface area (Å²) >= 11 is 7.09. The molecule has 0 radical (unpaired) electrons. The Morgan fingerprint density at radius 3 is 1.55 bits per heavy atom. The summed E-state index contributed by atoms with van der Waals surface area (Å²) in [6.07, 6.45) is -1.12. The molecule has 0 spiro atoms. The minimum Gasteiger partial charge on any atom is -0.396 e. The molecule has 0 aromatic carbocycles. The van der Waals surface area contributed by atoms with Crippen LogP contribution >= 0.6 is 25.3 Å². The van der Waals surface area contributed by atoms with Crippen LogP contribution in [0.1, 0.15) is 0 Å². The highest BCUT2D eigenvalue weighted by Gasteiger charge is 2.07. The van der Waals surface area contributed by atoms with Crippen LogP contribution in [0.3, 0.4) is 0 Å². The summed E-state index contributed by atoms with van der Waals surface area (Å²) in [4.78, 5) is 0. The van der Waals surface area contributed by atoms with Crippen molar-refractivity contribution in [3.8, 4) is 0 Å². The number of hydrogen-bond donors (Lipinski definition) is 6. The van der Waals surface area contributed by atoms with Crippen molar-refractivity contribution >= 4 is 25.3 Å². The molecule has 0 aliphatic heterocycles. The van der Waals surface area contributed by atoms with Gasteiger partial charge in [-0.05, 0) is 0 Å². The molecule has 0 bridgehead atoms. The zero-order valence-corrected chi connectivity index (χ0v) is 7.75. The molecule has 0 aliphatic rings. The van der Waals surface area contributed by atoms with Crippen molar-refractivity contribution in [1.82, 2.24) is 0 Å². The molecular weight excluding hydrogens is 188 g/mol. The number of rotatable bonds is 3. The van der Waals surface area contributed by atoms with Crippen molar-refractivity contribution < 1.29 is 20.4 Å². The lowest BCUT2D eigenvalue weighted by Gasteiger charge is -2.06. The average molecular weight is 202 g/mol. The van der Waals surface area contributed by atoms with Crippen LogP contribution < -0.4 is 0 Å². The Balaban J connectivity index is 0. The largest absolute Gasteiger partial charge is 0.396 e. The summed E-state index contributed by atoms with van der Waals surface area (Å²) in [6.45, 7) is -0.270. The monoisotopic (exact) mass is 202 g/mol. The van der Waals surface area contributed by atoms with Crippen molar-refractivity contribution in [2.75, 3.05) is 19.0 Å². The highest BCUT2D eigenvalue weighted by molar-refractivity contribution is 7.80. The molecule has 2 unspecified atom stereocenters. The van der Waals surface area contributed by atoms with E-state index in [0.717, 1.165) is 0 Å². The van der Waals surface area contributed by atoms with Crippen molar-refractivity contribution in [3.05, 3.63) is 0 Å². The first-order valence-electron chi connectivity index (χ1n) is 2.96. The summed E-state index contributed by atoms with van der Waals surface area (Å²) in [5.41, 5.74) is -1.13. The normalized spacial score (nSPS) is 14.7. The third kappa shape index (κ3) is 13.5. The molecule has 0 fully saturated rings. The highest BCUT2D eigenvalue weighted by atomic mass is 32.1. The fourth-order valence-corrected chi connectivity index (χ4v) is 0.189. The van der Waals surface area contributed by atoms with Gasteiger partial charge in [0.2, 0.25) is 0 Å². The van der Waals surface area contributed by atoms with Gasteiger partial charge in [0.1, 0.15) is 11.5 Å². The van der Waals surface area contributed by atoms with Crippen LogP contribution in [0.2, 0.25) is 0 Å². The van der Waals surface area contributed by atoms with Crippen LogP contribution in [0.5, 0.6) is 0 Å². The molecule has 0 aromatic heterocycles. The first kappa shape index (κ1) is 14.1. The maximum absolute atomic E-state index is 8.36. The Hall–Kier alpha value is 0.540. The lowest BCUT2D eigenvalue weighted by atomic mass is 10.4. The summed E-state index contributed by atoms with van der Waals surface area (Å²) in [6, 6.07) is 0. The van der Waals surface area contributed by atoms with E-state index in [1.54, 1.807) is 0 Å². The Morgan fingerprint density at radius 2 is 1.55 bits per heavy atom. The fourth-order valence-electron chi connectivity index (χ4n) is 0.0943. The van der Waals surface area contributed by atoms with E-state index in [0.29, 0.717) is 5.75 Å². The predicted octanol–water partition coefficient (Wildman–Crippen LogP) is -1.50. The zero-order chi connectivity index (χ0) is 9.28. The fraction of sp³-hybridized carbons (Fsp3) is 1.00.